The normalized spacial score (nSPS) is 15.2. The number of piperazine rings is 1. The Balaban J connectivity index is 1.40. The van der Waals surface area contributed by atoms with E-state index in [9.17, 15) is 8.42 Å². The van der Waals surface area contributed by atoms with Crippen LogP contribution >= 0.6 is 11.5 Å². The lowest BCUT2D eigenvalue weighted by atomic mass is 10.1. The molecular weight excluding hydrogens is 456 g/mol. The van der Waals surface area contributed by atoms with Crippen LogP contribution in [0.25, 0.3) is 0 Å². The van der Waals surface area contributed by atoms with Gasteiger partial charge in [0, 0.05) is 44.1 Å². The number of benzene rings is 1. The molecule has 0 N–H and O–H groups in total. The molecular formula is C24H38N4O3S2. The van der Waals surface area contributed by atoms with Crippen LogP contribution in [0.5, 0.6) is 5.75 Å². The summed E-state index contributed by atoms with van der Waals surface area (Å²) in [7, 11) is -1.51. The predicted octanol–water partition coefficient (Wildman–Crippen LogP) is 4.73. The molecule has 1 fully saturated rings. The maximum Gasteiger partial charge on any atom is 0.214 e. The summed E-state index contributed by atoms with van der Waals surface area (Å²) < 4.78 is 36.9. The van der Waals surface area contributed by atoms with Crippen LogP contribution in [0.3, 0.4) is 0 Å². The van der Waals surface area contributed by atoms with Crippen LogP contribution in [0.15, 0.2) is 24.3 Å². The molecule has 0 bridgehead atoms. The number of anilines is 1. The molecule has 1 aromatic carbocycles. The number of sulfonamides is 1. The number of unbranched alkanes of at least 4 members (excludes halogenated alkanes) is 7. The second kappa shape index (κ2) is 13.2. The first-order valence-corrected chi connectivity index (χ1v) is 14.6. The largest absolute Gasteiger partial charge is 0.497 e. The summed E-state index contributed by atoms with van der Waals surface area (Å²) in [6.45, 7) is 4.57. The van der Waals surface area contributed by atoms with Crippen molar-refractivity contribution in [3.8, 4) is 5.75 Å². The Morgan fingerprint density at radius 1 is 1.00 bits per heavy atom. The van der Waals surface area contributed by atoms with Crippen LogP contribution in [0.4, 0.5) is 5.13 Å². The quantitative estimate of drug-likeness (QED) is 0.354. The van der Waals surface area contributed by atoms with Gasteiger partial charge in [-0.25, -0.2) is 13.4 Å². The molecule has 0 radical (unpaired) electrons. The van der Waals surface area contributed by atoms with E-state index in [1.165, 1.54) is 43.6 Å². The number of hydrogen-bond donors (Lipinski definition) is 0. The van der Waals surface area contributed by atoms with Crippen LogP contribution in [0.1, 0.15) is 69.7 Å². The Hall–Kier alpha value is -1.71. The Labute approximate surface area is 203 Å². The molecule has 1 aliphatic rings. The Morgan fingerprint density at radius 3 is 2.39 bits per heavy atom. The number of ether oxygens (including phenoxy) is 1. The molecule has 2 aromatic rings. The molecule has 2 heterocycles. The predicted molar refractivity (Wildman–Crippen MR) is 136 cm³/mol. The summed E-state index contributed by atoms with van der Waals surface area (Å²) >= 11 is 1.39. The first kappa shape index (κ1) is 25.9. The van der Waals surface area contributed by atoms with Crippen LogP contribution < -0.4 is 9.64 Å². The number of aromatic nitrogens is 2. The molecule has 7 nitrogen and oxygen atoms in total. The Bertz CT molecular complexity index is 941. The third-order valence-corrected chi connectivity index (χ3v) is 8.88. The second-order valence-electron chi connectivity index (χ2n) is 8.70. The maximum atomic E-state index is 12.7. The standard InChI is InChI=1S/C24H38N4O3S2/c1-3-4-5-6-7-8-9-10-18-33(29,30)28-16-14-27(15-17-28)24-25-23(26-32-24)20-21-12-11-13-22(19-21)31-2/h11-13,19H,3-10,14-18,20H2,1-2H3. The van der Waals surface area contributed by atoms with E-state index >= 15 is 0 Å². The van der Waals surface area contributed by atoms with Crippen molar-refractivity contribution < 1.29 is 13.2 Å². The summed E-state index contributed by atoms with van der Waals surface area (Å²) in [5.74, 6) is 1.88. The van der Waals surface area contributed by atoms with Gasteiger partial charge in [0.1, 0.15) is 11.6 Å². The van der Waals surface area contributed by atoms with Crippen molar-refractivity contribution in [1.29, 1.82) is 0 Å². The molecule has 33 heavy (non-hydrogen) atoms. The zero-order chi connectivity index (χ0) is 23.5. The van der Waals surface area contributed by atoms with Gasteiger partial charge in [-0.15, -0.1) is 0 Å². The molecule has 184 valence electrons. The first-order valence-electron chi connectivity index (χ1n) is 12.2. The molecule has 1 saturated heterocycles. The molecule has 1 aromatic heterocycles. The topological polar surface area (TPSA) is 75.6 Å². The van der Waals surface area contributed by atoms with E-state index < -0.39 is 10.0 Å². The van der Waals surface area contributed by atoms with Gasteiger partial charge in [0.25, 0.3) is 0 Å². The summed E-state index contributed by atoms with van der Waals surface area (Å²) in [5, 5.41) is 0.869. The number of nitrogens with zero attached hydrogens (tertiary/aromatic N) is 4. The van der Waals surface area contributed by atoms with Crippen molar-refractivity contribution in [1.82, 2.24) is 13.7 Å². The van der Waals surface area contributed by atoms with Crippen LogP contribution in [-0.4, -0.2) is 61.1 Å². The van der Waals surface area contributed by atoms with E-state index in [0.29, 0.717) is 32.6 Å². The fourth-order valence-electron chi connectivity index (χ4n) is 4.11. The van der Waals surface area contributed by atoms with Gasteiger partial charge in [-0.05, 0) is 24.1 Å². The lowest BCUT2D eigenvalue weighted by Gasteiger charge is -2.33. The summed E-state index contributed by atoms with van der Waals surface area (Å²) in [4.78, 5) is 6.84. The highest BCUT2D eigenvalue weighted by Crippen LogP contribution is 2.22. The van der Waals surface area contributed by atoms with Gasteiger partial charge in [-0.3, -0.25) is 0 Å². The van der Waals surface area contributed by atoms with Gasteiger partial charge < -0.3 is 9.64 Å². The van der Waals surface area contributed by atoms with Gasteiger partial charge >= 0.3 is 0 Å². The zero-order valence-electron chi connectivity index (χ0n) is 20.0. The third kappa shape index (κ3) is 8.22. The first-order chi connectivity index (χ1) is 16.0. The Kier molecular flexibility index (Phi) is 10.4. The lowest BCUT2D eigenvalue weighted by Crippen LogP contribution is -2.49. The van der Waals surface area contributed by atoms with Crippen molar-refractivity contribution in [2.24, 2.45) is 0 Å². The van der Waals surface area contributed by atoms with Gasteiger partial charge in [-0.1, -0.05) is 64.0 Å². The smallest absolute Gasteiger partial charge is 0.214 e. The van der Waals surface area contributed by atoms with E-state index in [-0.39, 0.29) is 5.75 Å². The van der Waals surface area contributed by atoms with E-state index in [4.69, 9.17) is 9.72 Å². The highest BCUT2D eigenvalue weighted by Gasteiger charge is 2.27. The number of rotatable bonds is 14. The second-order valence-corrected chi connectivity index (χ2v) is 11.5. The van der Waals surface area contributed by atoms with Crippen molar-refractivity contribution >= 4 is 26.7 Å². The van der Waals surface area contributed by atoms with Crippen molar-refractivity contribution in [3.05, 3.63) is 35.7 Å². The number of methoxy groups -OCH3 is 1. The molecule has 3 rings (SSSR count). The van der Waals surface area contributed by atoms with E-state index in [1.807, 2.05) is 24.3 Å². The fraction of sp³-hybridized carbons (Fsp3) is 0.667. The number of hydrogen-bond acceptors (Lipinski definition) is 7. The highest BCUT2D eigenvalue weighted by molar-refractivity contribution is 7.89. The van der Waals surface area contributed by atoms with Gasteiger partial charge in [0.15, 0.2) is 0 Å². The van der Waals surface area contributed by atoms with Crippen molar-refractivity contribution in [2.45, 2.75) is 64.7 Å². The van der Waals surface area contributed by atoms with Gasteiger partial charge in [-0.2, -0.15) is 8.68 Å². The van der Waals surface area contributed by atoms with Crippen LogP contribution in [0.2, 0.25) is 0 Å². The molecule has 0 aliphatic carbocycles. The molecule has 1 aliphatic heterocycles. The maximum absolute atomic E-state index is 12.7. The molecule has 0 spiro atoms. The lowest BCUT2D eigenvalue weighted by molar-refractivity contribution is 0.383. The summed E-state index contributed by atoms with van der Waals surface area (Å²) in [6.07, 6.45) is 9.93. The average Bonchev–Trinajstić information content (AvgIpc) is 3.29. The van der Waals surface area contributed by atoms with Gasteiger partial charge in [0.2, 0.25) is 15.2 Å². The molecule has 0 saturated carbocycles. The molecule has 9 heteroatoms. The SMILES string of the molecule is CCCCCCCCCCS(=O)(=O)N1CCN(c2nc(Cc3cccc(OC)c3)ns2)CC1. The molecule has 0 unspecified atom stereocenters. The fourth-order valence-corrected chi connectivity index (χ4v) is 6.40. The third-order valence-electron chi connectivity index (χ3n) is 6.11. The summed E-state index contributed by atoms with van der Waals surface area (Å²) in [6, 6.07) is 7.93. The highest BCUT2D eigenvalue weighted by atomic mass is 32.2. The molecule has 0 amide bonds. The molecule has 0 atom stereocenters. The zero-order valence-corrected chi connectivity index (χ0v) is 21.7. The minimum atomic E-state index is -3.17. The van der Waals surface area contributed by atoms with Gasteiger partial charge in [0.05, 0.1) is 12.9 Å². The van der Waals surface area contributed by atoms with E-state index in [0.717, 1.165) is 41.5 Å². The Morgan fingerprint density at radius 2 is 1.70 bits per heavy atom. The van der Waals surface area contributed by atoms with Crippen LogP contribution in [-0.2, 0) is 16.4 Å². The van der Waals surface area contributed by atoms with E-state index in [1.54, 1.807) is 11.4 Å². The van der Waals surface area contributed by atoms with Crippen molar-refractivity contribution in [3.63, 3.8) is 0 Å². The average molecular weight is 495 g/mol. The minimum Gasteiger partial charge on any atom is -0.497 e. The minimum absolute atomic E-state index is 0.269. The van der Waals surface area contributed by atoms with Crippen LogP contribution in [0, 0.1) is 0 Å². The van der Waals surface area contributed by atoms with E-state index in [2.05, 4.69) is 16.2 Å². The van der Waals surface area contributed by atoms with Crippen molar-refractivity contribution in [2.75, 3.05) is 43.9 Å². The monoisotopic (exact) mass is 494 g/mol. The summed E-state index contributed by atoms with van der Waals surface area (Å²) in [5.41, 5.74) is 1.11.